The number of fused-ring (bicyclic) bond motifs is 1. The molecule has 3 heterocycles. The smallest absolute Gasteiger partial charge is 0.357 e. The summed E-state index contributed by atoms with van der Waals surface area (Å²) in [4.78, 5) is 63.5. The maximum atomic E-state index is 14.2. The molecular formula is C59H54N4O14. The molecule has 2 aliphatic heterocycles. The molecule has 2 fully saturated rings. The average molecular weight is 1040 g/mol. The molecule has 18 heteroatoms. The number of esters is 4. The fraction of sp³-hybridized carbons (Fsp3) is 0.271. The Morgan fingerprint density at radius 2 is 0.961 bits per heavy atom. The third-order valence-corrected chi connectivity index (χ3v) is 12.5. The van der Waals surface area contributed by atoms with Crippen LogP contribution in [-0.2, 0) is 60.6 Å². The van der Waals surface area contributed by atoms with E-state index in [2.05, 4.69) is 15.0 Å². The molecule has 0 N–H and O–H groups in total. The van der Waals surface area contributed by atoms with Crippen molar-refractivity contribution in [2.24, 2.45) is 5.11 Å². The van der Waals surface area contributed by atoms with E-state index in [-0.39, 0.29) is 61.8 Å². The molecule has 2 aliphatic rings. The van der Waals surface area contributed by atoms with Gasteiger partial charge in [-0.15, -0.1) is 0 Å². The Hall–Kier alpha value is -8.32. The molecule has 9 atom stereocenters. The van der Waals surface area contributed by atoms with Crippen LogP contribution in [0.4, 0.5) is 0 Å². The van der Waals surface area contributed by atoms with Gasteiger partial charge in [-0.25, -0.2) is 24.2 Å². The van der Waals surface area contributed by atoms with Crippen LogP contribution in [0.2, 0.25) is 0 Å². The van der Waals surface area contributed by atoms with E-state index in [0.29, 0.717) is 5.52 Å². The van der Waals surface area contributed by atoms with Gasteiger partial charge in [-0.1, -0.05) is 145 Å². The number of aromatic nitrogens is 1. The van der Waals surface area contributed by atoms with E-state index in [1.54, 1.807) is 97.1 Å². The molecule has 0 unspecified atom stereocenters. The number of azide groups is 1. The second-order valence-electron chi connectivity index (χ2n) is 17.8. The van der Waals surface area contributed by atoms with Crippen LogP contribution >= 0.6 is 0 Å². The first-order chi connectivity index (χ1) is 37.8. The lowest BCUT2D eigenvalue weighted by atomic mass is 9.97. The van der Waals surface area contributed by atoms with E-state index in [1.807, 2.05) is 78.9 Å². The highest BCUT2D eigenvalue weighted by molar-refractivity contribution is 5.92. The highest BCUT2D eigenvalue weighted by Gasteiger charge is 2.55. The Kier molecular flexibility index (Phi) is 18.7. The summed E-state index contributed by atoms with van der Waals surface area (Å²) in [5.41, 5.74) is 11.8. The zero-order valence-electron chi connectivity index (χ0n) is 41.5. The number of carbonyl (C=O) groups is 4. The van der Waals surface area contributed by atoms with Crippen LogP contribution in [0.1, 0.15) is 59.1 Å². The van der Waals surface area contributed by atoms with Crippen molar-refractivity contribution in [2.75, 3.05) is 26.4 Å². The largest absolute Gasteiger partial charge is 0.458 e. The van der Waals surface area contributed by atoms with Gasteiger partial charge in [0.05, 0.1) is 48.6 Å². The monoisotopic (exact) mass is 1040 g/mol. The first-order valence-electron chi connectivity index (χ1n) is 25.0. The molecule has 9 rings (SSSR count). The molecule has 0 spiro atoms. The predicted molar refractivity (Wildman–Crippen MR) is 277 cm³/mol. The van der Waals surface area contributed by atoms with E-state index >= 15 is 0 Å². The summed E-state index contributed by atoms with van der Waals surface area (Å²) in [7, 11) is 0. The Morgan fingerprint density at radius 1 is 0.481 bits per heavy atom. The van der Waals surface area contributed by atoms with Crippen molar-refractivity contribution >= 4 is 34.8 Å². The summed E-state index contributed by atoms with van der Waals surface area (Å²) in [6.45, 7) is -0.599. The number of carbonyl (C=O) groups excluding carboxylic acids is 4. The summed E-state index contributed by atoms with van der Waals surface area (Å²) >= 11 is 0. The Labute approximate surface area is 443 Å². The highest BCUT2D eigenvalue weighted by Crippen LogP contribution is 2.35. The number of hydrogen-bond donors (Lipinski definition) is 0. The SMILES string of the molecule is [N-]=[N+]=NCCCO[C@H]1O[C@H](CO[C@@H]2O[C@H](COC(=O)c3ccc4ccccc4n3)[C@@H](OCc3ccccc3)[C@@H]2OCc2ccccc2)[C@@H](OC(=O)c2ccccc2)[C@H](OC(=O)c2ccccc2)[C@@H]1OC(=O)c1ccccc1. The van der Waals surface area contributed by atoms with E-state index in [0.717, 1.165) is 16.5 Å². The zero-order valence-corrected chi connectivity index (χ0v) is 41.5. The van der Waals surface area contributed by atoms with Crippen molar-refractivity contribution in [2.45, 2.75) is 74.9 Å². The summed E-state index contributed by atoms with van der Waals surface area (Å²) in [6.07, 6.45) is -11.6. The first kappa shape index (κ1) is 53.5. The highest BCUT2D eigenvalue weighted by atomic mass is 16.8. The minimum Gasteiger partial charge on any atom is -0.458 e. The number of nitrogens with zero attached hydrogens (tertiary/aromatic N) is 4. The predicted octanol–water partition coefficient (Wildman–Crippen LogP) is 9.42. The third-order valence-electron chi connectivity index (χ3n) is 12.5. The van der Waals surface area contributed by atoms with Crippen molar-refractivity contribution in [3.63, 3.8) is 0 Å². The fourth-order valence-electron chi connectivity index (χ4n) is 8.70. The topological polar surface area (TPSA) is 222 Å². The van der Waals surface area contributed by atoms with Gasteiger partial charge in [-0.2, -0.15) is 0 Å². The molecular weight excluding hydrogens is 989 g/mol. The standard InChI is InChI=1S/C59H54N4O14/c60-63-61-33-18-34-68-59-53(77-56(66)44-28-14-5-15-29-44)51(76-55(65)43-26-12-4-13-27-43)50(75-54(64)42-24-10-3-11-25-42)48(74-59)38-72-58-52(70-36-40-21-8-2-9-22-40)49(69-35-39-19-6-1-7-20-39)47(73-58)37-71-57(67)46-32-31-41-23-16-17-30-45(41)62-46/h1-17,19-32,47-53,58-59H,18,33-38H2/t47-,48-,49-,50-,51+,52+,53+,58-,59+/m1/s1. The van der Waals surface area contributed by atoms with Gasteiger partial charge in [0, 0.05) is 16.8 Å². The number of ether oxygens (including phenoxy) is 10. The quantitative estimate of drug-likeness (QED) is 0.0145. The average Bonchev–Trinajstić information content (AvgIpc) is 3.84. The maximum absolute atomic E-state index is 14.2. The molecule has 0 saturated carbocycles. The van der Waals surface area contributed by atoms with Crippen molar-refractivity contribution < 1.29 is 66.5 Å². The molecule has 0 radical (unpaired) electrons. The molecule has 1 aromatic heterocycles. The van der Waals surface area contributed by atoms with E-state index in [4.69, 9.17) is 52.9 Å². The van der Waals surface area contributed by atoms with Crippen LogP contribution in [-0.4, -0.2) is 111 Å². The van der Waals surface area contributed by atoms with Gasteiger partial charge >= 0.3 is 23.9 Å². The van der Waals surface area contributed by atoms with Crippen LogP contribution in [0.3, 0.4) is 0 Å². The lowest BCUT2D eigenvalue weighted by molar-refractivity contribution is -0.308. The fourth-order valence-corrected chi connectivity index (χ4v) is 8.70. The van der Waals surface area contributed by atoms with Crippen LogP contribution in [0, 0.1) is 0 Å². The van der Waals surface area contributed by atoms with Gasteiger partial charge in [-0.3, -0.25) is 0 Å². The Morgan fingerprint density at radius 3 is 1.53 bits per heavy atom. The summed E-state index contributed by atoms with van der Waals surface area (Å²) in [6, 6.07) is 54.0. The van der Waals surface area contributed by atoms with Crippen molar-refractivity contribution in [1.82, 2.24) is 4.98 Å². The molecule has 394 valence electrons. The molecule has 18 nitrogen and oxygen atoms in total. The molecule has 6 aromatic carbocycles. The van der Waals surface area contributed by atoms with E-state index in [1.165, 1.54) is 12.1 Å². The minimum absolute atomic E-state index is 0.0557. The van der Waals surface area contributed by atoms with Crippen LogP contribution < -0.4 is 0 Å². The van der Waals surface area contributed by atoms with Gasteiger partial charge in [0.2, 0.25) is 0 Å². The molecule has 0 aliphatic carbocycles. The summed E-state index contributed by atoms with van der Waals surface area (Å²) < 4.78 is 64.2. The van der Waals surface area contributed by atoms with Gasteiger partial charge in [0.1, 0.15) is 36.7 Å². The normalized spacial score (nSPS) is 21.8. The van der Waals surface area contributed by atoms with Crippen LogP contribution in [0.15, 0.2) is 193 Å². The number of para-hydroxylation sites is 1. The van der Waals surface area contributed by atoms with Crippen LogP contribution in [0.25, 0.3) is 21.3 Å². The zero-order chi connectivity index (χ0) is 53.2. The summed E-state index contributed by atoms with van der Waals surface area (Å²) in [5, 5.41) is 4.45. The maximum Gasteiger partial charge on any atom is 0.357 e. The van der Waals surface area contributed by atoms with Gasteiger partial charge < -0.3 is 47.4 Å². The summed E-state index contributed by atoms with van der Waals surface area (Å²) in [5.74, 6) is -3.20. The lowest BCUT2D eigenvalue weighted by Crippen LogP contribution is -2.63. The van der Waals surface area contributed by atoms with Crippen molar-refractivity contribution in [1.29, 1.82) is 0 Å². The number of hydrogen-bond acceptors (Lipinski definition) is 16. The van der Waals surface area contributed by atoms with Gasteiger partial charge in [0.25, 0.3) is 0 Å². The van der Waals surface area contributed by atoms with Gasteiger partial charge in [0.15, 0.2) is 30.9 Å². The minimum atomic E-state index is -1.61. The number of pyridine rings is 1. The van der Waals surface area contributed by atoms with Gasteiger partial charge in [-0.05, 0) is 71.6 Å². The third kappa shape index (κ3) is 14.3. The number of rotatable bonds is 23. The second-order valence-corrected chi connectivity index (χ2v) is 17.8. The number of benzene rings is 6. The van der Waals surface area contributed by atoms with Crippen molar-refractivity contribution in [3.05, 3.63) is 232 Å². The van der Waals surface area contributed by atoms with E-state index < -0.39 is 85.8 Å². The molecule has 2 saturated heterocycles. The lowest BCUT2D eigenvalue weighted by Gasteiger charge is -2.44. The Bertz CT molecular complexity index is 3080. The van der Waals surface area contributed by atoms with Crippen molar-refractivity contribution in [3.8, 4) is 0 Å². The Balaban J connectivity index is 1.06. The van der Waals surface area contributed by atoms with Crippen LogP contribution in [0.5, 0.6) is 0 Å². The second kappa shape index (κ2) is 26.9. The molecule has 0 amide bonds. The molecule has 77 heavy (non-hydrogen) atoms. The van der Waals surface area contributed by atoms with E-state index in [9.17, 15) is 19.2 Å². The molecule has 0 bridgehead atoms. The first-order valence-corrected chi connectivity index (χ1v) is 25.0. The molecule has 7 aromatic rings.